The van der Waals surface area contributed by atoms with Crippen LogP contribution >= 0.6 is 15.9 Å². The van der Waals surface area contributed by atoms with Gasteiger partial charge in [0.05, 0.1) is 23.7 Å². The largest absolute Gasteiger partial charge is 0.481 e. The zero-order chi connectivity index (χ0) is 14.0. The van der Waals surface area contributed by atoms with Gasteiger partial charge in [0.1, 0.15) is 0 Å². The molecule has 0 saturated heterocycles. The average molecular weight is 327 g/mol. The summed E-state index contributed by atoms with van der Waals surface area (Å²) in [5.41, 5.74) is 0.572. The highest BCUT2D eigenvalue weighted by atomic mass is 79.9. The number of rotatable bonds is 3. The molecule has 1 amide bonds. The zero-order valence-electron chi connectivity index (χ0n) is 10.5. The quantitative estimate of drug-likeness (QED) is 0.894. The van der Waals surface area contributed by atoms with Gasteiger partial charge in [0, 0.05) is 10.7 Å². The van der Waals surface area contributed by atoms with Crippen LogP contribution in [-0.2, 0) is 9.59 Å². The van der Waals surface area contributed by atoms with Crippen LogP contribution in [0, 0.1) is 17.8 Å². The summed E-state index contributed by atoms with van der Waals surface area (Å²) in [6, 6.07) is 1.74. The Morgan fingerprint density at radius 3 is 2.68 bits per heavy atom. The molecule has 1 unspecified atom stereocenters. The number of pyridine rings is 1. The van der Waals surface area contributed by atoms with E-state index in [2.05, 4.69) is 26.2 Å². The molecule has 6 heteroatoms. The number of halogens is 1. The number of aliphatic carboxylic acids is 1. The van der Waals surface area contributed by atoms with E-state index in [1.807, 2.05) is 6.92 Å². The fourth-order valence-electron chi connectivity index (χ4n) is 2.57. The molecule has 1 heterocycles. The predicted molar refractivity (Wildman–Crippen MR) is 73.6 cm³/mol. The first-order valence-electron chi connectivity index (χ1n) is 6.11. The van der Waals surface area contributed by atoms with Crippen molar-refractivity contribution in [2.24, 2.45) is 17.8 Å². The molecule has 1 aliphatic rings. The molecule has 1 aliphatic carbocycles. The third-order valence-electron chi connectivity index (χ3n) is 3.42. The molecule has 0 bridgehead atoms. The van der Waals surface area contributed by atoms with Crippen LogP contribution < -0.4 is 5.32 Å². The number of nitrogens with one attached hydrogen (secondary N) is 1. The molecular weight excluding hydrogens is 312 g/mol. The molecule has 0 radical (unpaired) electrons. The van der Waals surface area contributed by atoms with Gasteiger partial charge < -0.3 is 10.4 Å². The van der Waals surface area contributed by atoms with E-state index in [1.165, 1.54) is 6.20 Å². The lowest BCUT2D eigenvalue weighted by Gasteiger charge is -2.15. The van der Waals surface area contributed by atoms with E-state index < -0.39 is 17.8 Å². The minimum Gasteiger partial charge on any atom is -0.481 e. The predicted octanol–water partition coefficient (Wildman–Crippen LogP) is 2.53. The Morgan fingerprint density at radius 2 is 2.05 bits per heavy atom. The molecule has 0 aromatic carbocycles. The number of hydrogen-bond donors (Lipinski definition) is 2. The summed E-state index contributed by atoms with van der Waals surface area (Å²) in [5, 5.41) is 11.9. The molecule has 5 nitrogen and oxygen atoms in total. The molecule has 0 aliphatic heterocycles. The summed E-state index contributed by atoms with van der Waals surface area (Å²) < 4.78 is 0.764. The van der Waals surface area contributed by atoms with E-state index in [4.69, 9.17) is 5.11 Å². The van der Waals surface area contributed by atoms with E-state index in [1.54, 1.807) is 12.3 Å². The van der Waals surface area contributed by atoms with Crippen LogP contribution in [0.1, 0.15) is 19.8 Å². The highest BCUT2D eigenvalue weighted by Gasteiger charge is 2.41. The minimum absolute atomic E-state index is 0.239. The number of carboxylic acid groups (broad SMARTS) is 1. The monoisotopic (exact) mass is 326 g/mol. The van der Waals surface area contributed by atoms with Crippen molar-refractivity contribution in [2.75, 3.05) is 5.32 Å². The van der Waals surface area contributed by atoms with E-state index in [-0.39, 0.29) is 11.8 Å². The first-order chi connectivity index (χ1) is 8.97. The number of carboxylic acids is 1. The highest BCUT2D eigenvalue weighted by molar-refractivity contribution is 9.10. The van der Waals surface area contributed by atoms with Crippen molar-refractivity contribution < 1.29 is 14.7 Å². The Labute approximate surface area is 119 Å². The maximum Gasteiger partial charge on any atom is 0.307 e. The van der Waals surface area contributed by atoms with Crippen LogP contribution in [-0.4, -0.2) is 22.0 Å². The van der Waals surface area contributed by atoms with Gasteiger partial charge in [0.25, 0.3) is 0 Å². The van der Waals surface area contributed by atoms with Crippen LogP contribution in [0.15, 0.2) is 22.9 Å². The lowest BCUT2D eigenvalue weighted by Crippen LogP contribution is -2.30. The van der Waals surface area contributed by atoms with Crippen molar-refractivity contribution in [2.45, 2.75) is 19.8 Å². The summed E-state index contributed by atoms with van der Waals surface area (Å²) in [5.74, 6) is -1.92. The molecule has 3 atom stereocenters. The third kappa shape index (κ3) is 3.32. The second kappa shape index (κ2) is 5.69. The number of amides is 1. The molecule has 2 rings (SSSR count). The Kier molecular flexibility index (Phi) is 4.19. The van der Waals surface area contributed by atoms with Crippen LogP contribution in [0.3, 0.4) is 0 Å². The van der Waals surface area contributed by atoms with E-state index in [0.717, 1.165) is 4.47 Å². The molecular formula is C13H15BrN2O3. The topological polar surface area (TPSA) is 79.3 Å². The van der Waals surface area contributed by atoms with Crippen molar-refractivity contribution in [3.63, 3.8) is 0 Å². The van der Waals surface area contributed by atoms with Crippen molar-refractivity contribution in [3.8, 4) is 0 Å². The normalized spacial score (nSPS) is 26.1. The van der Waals surface area contributed by atoms with Gasteiger partial charge in [-0.2, -0.15) is 0 Å². The average Bonchev–Trinajstić information content (AvgIpc) is 2.71. The molecule has 19 heavy (non-hydrogen) atoms. The van der Waals surface area contributed by atoms with Crippen LogP contribution in [0.5, 0.6) is 0 Å². The summed E-state index contributed by atoms with van der Waals surface area (Å²) >= 11 is 3.27. The van der Waals surface area contributed by atoms with Crippen molar-refractivity contribution in [3.05, 3.63) is 22.9 Å². The Balaban J connectivity index is 2.09. The first kappa shape index (κ1) is 14.0. The number of hydrogen-bond acceptors (Lipinski definition) is 3. The summed E-state index contributed by atoms with van der Waals surface area (Å²) in [4.78, 5) is 27.3. The van der Waals surface area contributed by atoms with Gasteiger partial charge in [0.15, 0.2) is 0 Å². The molecule has 1 aromatic heterocycles. The highest BCUT2D eigenvalue weighted by Crippen LogP contribution is 2.37. The fourth-order valence-corrected chi connectivity index (χ4v) is 2.93. The lowest BCUT2D eigenvalue weighted by atomic mass is 9.95. The van der Waals surface area contributed by atoms with Crippen molar-refractivity contribution in [1.29, 1.82) is 0 Å². The van der Waals surface area contributed by atoms with E-state index in [0.29, 0.717) is 18.5 Å². The lowest BCUT2D eigenvalue weighted by molar-refractivity contribution is -0.145. The Hall–Kier alpha value is -1.43. The van der Waals surface area contributed by atoms with Gasteiger partial charge in [-0.05, 0) is 40.8 Å². The molecule has 2 N–H and O–H groups in total. The number of aromatic nitrogens is 1. The maximum atomic E-state index is 12.2. The van der Waals surface area contributed by atoms with Gasteiger partial charge in [-0.3, -0.25) is 14.6 Å². The first-order valence-corrected chi connectivity index (χ1v) is 6.91. The van der Waals surface area contributed by atoms with Gasteiger partial charge in [-0.15, -0.1) is 0 Å². The number of carbonyl (C=O) groups excluding carboxylic acids is 1. The second-order valence-electron chi connectivity index (χ2n) is 5.01. The standard InChI is InChI=1S/C13H15BrN2O3/c1-7-2-10(11(3-7)13(18)19)12(17)16-9-4-8(14)5-15-6-9/h4-7,10-11H,2-3H2,1H3,(H,16,17)(H,18,19)/t7?,10-,11+/m0/s1. The number of nitrogens with zero attached hydrogens (tertiary/aromatic N) is 1. The van der Waals surface area contributed by atoms with Gasteiger partial charge in [-0.25, -0.2) is 0 Å². The minimum atomic E-state index is -0.892. The zero-order valence-corrected chi connectivity index (χ0v) is 12.1. The van der Waals surface area contributed by atoms with Gasteiger partial charge in [-0.1, -0.05) is 6.92 Å². The third-order valence-corrected chi connectivity index (χ3v) is 3.86. The van der Waals surface area contributed by atoms with Gasteiger partial charge in [0.2, 0.25) is 5.91 Å². The molecule has 102 valence electrons. The van der Waals surface area contributed by atoms with Crippen molar-refractivity contribution >= 4 is 33.5 Å². The van der Waals surface area contributed by atoms with Crippen LogP contribution in [0.2, 0.25) is 0 Å². The van der Waals surface area contributed by atoms with Gasteiger partial charge >= 0.3 is 5.97 Å². The van der Waals surface area contributed by atoms with Crippen LogP contribution in [0.4, 0.5) is 5.69 Å². The summed E-state index contributed by atoms with van der Waals surface area (Å²) in [6.07, 6.45) is 4.33. The molecule has 1 saturated carbocycles. The Morgan fingerprint density at radius 1 is 1.37 bits per heavy atom. The maximum absolute atomic E-state index is 12.2. The molecule has 0 spiro atoms. The van der Waals surface area contributed by atoms with Crippen molar-refractivity contribution in [1.82, 2.24) is 4.98 Å². The van der Waals surface area contributed by atoms with E-state index >= 15 is 0 Å². The fraction of sp³-hybridized carbons (Fsp3) is 0.462. The van der Waals surface area contributed by atoms with E-state index in [9.17, 15) is 9.59 Å². The molecule has 1 fully saturated rings. The molecule has 1 aromatic rings. The smallest absolute Gasteiger partial charge is 0.307 e. The Bertz CT molecular complexity index is 506. The SMILES string of the molecule is CC1C[C@H](C(=O)Nc2cncc(Br)c2)[C@H](C(=O)O)C1. The summed E-state index contributed by atoms with van der Waals surface area (Å²) in [7, 11) is 0. The summed E-state index contributed by atoms with van der Waals surface area (Å²) in [6.45, 7) is 1.98. The number of carbonyl (C=O) groups is 2. The second-order valence-corrected chi connectivity index (χ2v) is 5.92. The van der Waals surface area contributed by atoms with Crippen LogP contribution in [0.25, 0.3) is 0 Å². The number of anilines is 1.